The van der Waals surface area contributed by atoms with E-state index in [-0.39, 0.29) is 5.92 Å². The van der Waals surface area contributed by atoms with Gasteiger partial charge < -0.3 is 10.2 Å². The molecule has 3 atom stereocenters. The van der Waals surface area contributed by atoms with E-state index in [2.05, 4.69) is 0 Å². The van der Waals surface area contributed by atoms with Crippen LogP contribution >= 0.6 is 11.6 Å². The van der Waals surface area contributed by atoms with Gasteiger partial charge in [-0.15, -0.1) is 11.6 Å². The molecule has 0 bridgehead atoms. The number of carboxylic acid groups (broad SMARTS) is 1. The second kappa shape index (κ2) is 7.43. The van der Waals surface area contributed by atoms with Crippen molar-refractivity contribution in [2.45, 2.75) is 24.8 Å². The molecule has 0 radical (unpaired) electrons. The molecule has 1 unspecified atom stereocenters. The number of aliphatic hydroxyl groups excluding tert-OH is 1. The lowest BCUT2D eigenvalue weighted by atomic mass is 9.94. The number of aliphatic carboxylic acids is 1. The zero-order valence-corrected chi connectivity index (χ0v) is 13.1. The van der Waals surface area contributed by atoms with Gasteiger partial charge in [-0.2, -0.15) is 0 Å². The number of benzene rings is 2. The maximum atomic E-state index is 10.8. The predicted molar refractivity (Wildman–Crippen MR) is 87.9 cm³/mol. The lowest BCUT2D eigenvalue weighted by Crippen LogP contribution is -2.23. The average molecular weight is 319 g/mol. The Kier molecular flexibility index (Phi) is 5.58. The van der Waals surface area contributed by atoms with Gasteiger partial charge in [0, 0.05) is 0 Å². The van der Waals surface area contributed by atoms with Crippen LogP contribution < -0.4 is 0 Å². The van der Waals surface area contributed by atoms with Crippen molar-refractivity contribution in [3.8, 4) is 11.1 Å². The summed E-state index contributed by atoms with van der Waals surface area (Å²) in [5, 5.41) is 18.1. The number of halogens is 1. The maximum absolute atomic E-state index is 10.8. The summed E-state index contributed by atoms with van der Waals surface area (Å²) in [6.07, 6.45) is -0.411. The minimum atomic E-state index is -1.05. The standard InChI is InChI=1S/C18H19ClO3/c1-12(17(19)18(21)22)11-16(20)15-9-7-14(8-10-15)13-5-3-2-4-6-13/h2-10,12,16-17,20H,11H2,1H3,(H,21,22)/t12-,16?,17-/m0/s1. The van der Waals surface area contributed by atoms with Gasteiger partial charge in [-0.1, -0.05) is 61.5 Å². The molecule has 2 aromatic carbocycles. The summed E-state index contributed by atoms with van der Waals surface area (Å²) in [7, 11) is 0. The molecule has 4 heteroatoms. The van der Waals surface area contributed by atoms with Gasteiger partial charge in [0.1, 0.15) is 5.38 Å². The molecule has 0 aliphatic rings. The van der Waals surface area contributed by atoms with Crippen LogP contribution in [-0.2, 0) is 4.79 Å². The molecule has 0 saturated heterocycles. The highest BCUT2D eigenvalue weighted by atomic mass is 35.5. The first kappa shape index (κ1) is 16.5. The van der Waals surface area contributed by atoms with Gasteiger partial charge in [-0.3, -0.25) is 4.79 Å². The van der Waals surface area contributed by atoms with Gasteiger partial charge in [0.2, 0.25) is 0 Å². The second-order valence-electron chi connectivity index (χ2n) is 5.46. The summed E-state index contributed by atoms with van der Waals surface area (Å²) in [5.41, 5.74) is 2.95. The van der Waals surface area contributed by atoms with E-state index in [0.29, 0.717) is 6.42 Å². The van der Waals surface area contributed by atoms with Crippen LogP contribution in [-0.4, -0.2) is 21.6 Å². The van der Waals surface area contributed by atoms with E-state index in [1.54, 1.807) is 6.92 Å². The molecule has 0 aliphatic heterocycles. The number of rotatable bonds is 6. The van der Waals surface area contributed by atoms with E-state index in [1.807, 2.05) is 54.6 Å². The fourth-order valence-electron chi connectivity index (χ4n) is 2.38. The van der Waals surface area contributed by atoms with Crippen LogP contribution in [0.5, 0.6) is 0 Å². The van der Waals surface area contributed by atoms with E-state index in [0.717, 1.165) is 16.7 Å². The summed E-state index contributed by atoms with van der Waals surface area (Å²) < 4.78 is 0. The summed E-state index contributed by atoms with van der Waals surface area (Å²) in [5.74, 6) is -1.37. The molecule has 116 valence electrons. The van der Waals surface area contributed by atoms with E-state index >= 15 is 0 Å². The zero-order chi connectivity index (χ0) is 16.1. The second-order valence-corrected chi connectivity index (χ2v) is 5.93. The zero-order valence-electron chi connectivity index (χ0n) is 12.3. The van der Waals surface area contributed by atoms with Gasteiger partial charge in [-0.05, 0) is 29.0 Å². The molecule has 0 aromatic heterocycles. The van der Waals surface area contributed by atoms with Crippen molar-refractivity contribution in [1.82, 2.24) is 0 Å². The maximum Gasteiger partial charge on any atom is 0.321 e. The van der Waals surface area contributed by atoms with E-state index in [4.69, 9.17) is 16.7 Å². The molecule has 0 saturated carbocycles. The van der Waals surface area contributed by atoms with Gasteiger partial charge in [0.15, 0.2) is 0 Å². The van der Waals surface area contributed by atoms with Crippen molar-refractivity contribution in [3.05, 3.63) is 60.2 Å². The van der Waals surface area contributed by atoms with E-state index in [1.165, 1.54) is 0 Å². The predicted octanol–water partition coefficient (Wildman–Crippen LogP) is 4.11. The Hall–Kier alpha value is -1.84. The highest BCUT2D eigenvalue weighted by Gasteiger charge is 2.24. The Morgan fingerprint density at radius 1 is 1.05 bits per heavy atom. The fourth-order valence-corrected chi connectivity index (χ4v) is 2.48. The van der Waals surface area contributed by atoms with Gasteiger partial charge in [0.25, 0.3) is 0 Å². The Morgan fingerprint density at radius 2 is 1.59 bits per heavy atom. The lowest BCUT2D eigenvalue weighted by molar-refractivity contribution is -0.137. The number of alkyl halides is 1. The van der Waals surface area contributed by atoms with Crippen LogP contribution in [0.3, 0.4) is 0 Å². The molecule has 0 amide bonds. The molecule has 0 spiro atoms. The molecule has 2 N–H and O–H groups in total. The Labute approximate surface area is 135 Å². The first-order chi connectivity index (χ1) is 10.5. The number of carboxylic acids is 1. The third-order valence-electron chi connectivity index (χ3n) is 3.73. The van der Waals surface area contributed by atoms with Gasteiger partial charge in [0.05, 0.1) is 6.10 Å². The molecule has 2 rings (SSSR count). The number of hydrogen-bond acceptors (Lipinski definition) is 2. The van der Waals surface area contributed by atoms with Gasteiger partial charge >= 0.3 is 5.97 Å². The summed E-state index contributed by atoms with van der Waals surface area (Å²) in [6.45, 7) is 1.73. The largest absolute Gasteiger partial charge is 0.480 e. The fraction of sp³-hybridized carbons (Fsp3) is 0.278. The van der Waals surface area contributed by atoms with Crippen molar-refractivity contribution in [1.29, 1.82) is 0 Å². The minimum absolute atomic E-state index is 0.311. The quantitative estimate of drug-likeness (QED) is 0.788. The number of carbonyl (C=O) groups is 1. The first-order valence-electron chi connectivity index (χ1n) is 7.19. The first-order valence-corrected chi connectivity index (χ1v) is 7.63. The number of hydrogen-bond donors (Lipinski definition) is 2. The van der Waals surface area contributed by atoms with Crippen molar-refractivity contribution >= 4 is 17.6 Å². The molecule has 3 nitrogen and oxygen atoms in total. The Morgan fingerprint density at radius 3 is 2.14 bits per heavy atom. The van der Waals surface area contributed by atoms with Crippen LogP contribution in [0, 0.1) is 5.92 Å². The van der Waals surface area contributed by atoms with Crippen LogP contribution in [0.4, 0.5) is 0 Å². The van der Waals surface area contributed by atoms with E-state index < -0.39 is 17.5 Å². The molecule has 0 aliphatic carbocycles. The van der Waals surface area contributed by atoms with Crippen molar-refractivity contribution in [3.63, 3.8) is 0 Å². The summed E-state index contributed by atoms with van der Waals surface area (Å²) >= 11 is 5.79. The van der Waals surface area contributed by atoms with Crippen LogP contribution in [0.15, 0.2) is 54.6 Å². The smallest absolute Gasteiger partial charge is 0.321 e. The monoisotopic (exact) mass is 318 g/mol. The Balaban J connectivity index is 2.05. The molecule has 22 heavy (non-hydrogen) atoms. The minimum Gasteiger partial charge on any atom is -0.480 e. The molecular formula is C18H19ClO3. The summed E-state index contributed by atoms with van der Waals surface area (Å²) in [6, 6.07) is 17.6. The molecule has 0 fully saturated rings. The lowest BCUT2D eigenvalue weighted by Gasteiger charge is -2.19. The highest BCUT2D eigenvalue weighted by Crippen LogP contribution is 2.27. The molecule has 2 aromatic rings. The molecule has 0 heterocycles. The van der Waals surface area contributed by atoms with Crippen molar-refractivity contribution < 1.29 is 15.0 Å². The van der Waals surface area contributed by atoms with Crippen LogP contribution in [0.1, 0.15) is 25.0 Å². The third kappa shape index (κ3) is 4.09. The number of aliphatic hydroxyl groups is 1. The van der Waals surface area contributed by atoms with Crippen molar-refractivity contribution in [2.75, 3.05) is 0 Å². The topological polar surface area (TPSA) is 57.5 Å². The van der Waals surface area contributed by atoms with Crippen LogP contribution in [0.2, 0.25) is 0 Å². The third-order valence-corrected chi connectivity index (χ3v) is 4.35. The molecular weight excluding hydrogens is 300 g/mol. The highest BCUT2D eigenvalue weighted by molar-refractivity contribution is 6.29. The normalized spacial score (nSPS) is 15.0. The Bertz CT molecular complexity index is 610. The SMILES string of the molecule is C[C@@H](CC(O)c1ccc(-c2ccccc2)cc1)[C@H](Cl)C(=O)O. The van der Waals surface area contributed by atoms with E-state index in [9.17, 15) is 9.90 Å². The summed E-state index contributed by atoms with van der Waals surface area (Å²) in [4.78, 5) is 10.8. The van der Waals surface area contributed by atoms with Crippen molar-refractivity contribution in [2.24, 2.45) is 5.92 Å². The average Bonchev–Trinajstić information content (AvgIpc) is 2.54. The van der Waals surface area contributed by atoms with Gasteiger partial charge in [-0.25, -0.2) is 0 Å². The van der Waals surface area contributed by atoms with Crippen LogP contribution in [0.25, 0.3) is 11.1 Å².